The van der Waals surface area contributed by atoms with Gasteiger partial charge in [0.1, 0.15) is 11.5 Å². The van der Waals surface area contributed by atoms with Gasteiger partial charge in [-0.15, -0.1) is 0 Å². The number of hydrogen-bond donors (Lipinski definition) is 0. The van der Waals surface area contributed by atoms with Crippen LogP contribution in [0.15, 0.2) is 64.4 Å². The van der Waals surface area contributed by atoms with Crippen LogP contribution in [0, 0.1) is 11.3 Å². The van der Waals surface area contributed by atoms with Crippen molar-refractivity contribution in [2.45, 2.75) is 19.6 Å². The van der Waals surface area contributed by atoms with E-state index >= 15 is 0 Å². The monoisotopic (exact) mass is 414 g/mol. The Kier molecular flexibility index (Phi) is 6.18. The van der Waals surface area contributed by atoms with Crippen LogP contribution in [-0.4, -0.2) is 14.5 Å². The summed E-state index contributed by atoms with van der Waals surface area (Å²) in [6, 6.07) is 14.7. The number of nitriles is 1. The van der Waals surface area contributed by atoms with E-state index in [-0.39, 0.29) is 0 Å². The van der Waals surface area contributed by atoms with Crippen molar-refractivity contribution in [2.24, 2.45) is 4.99 Å². The number of halogens is 1. The summed E-state index contributed by atoms with van der Waals surface area (Å²) in [6.07, 6.45) is 1.66. The number of ether oxygens (including phenoxy) is 1. The first-order chi connectivity index (χ1) is 11.8. The van der Waals surface area contributed by atoms with Crippen LogP contribution in [0.25, 0.3) is 0 Å². The predicted molar refractivity (Wildman–Crippen MR) is 107 cm³/mol. The molecule has 0 aromatic heterocycles. The van der Waals surface area contributed by atoms with Gasteiger partial charge in [-0.25, -0.2) is 4.99 Å². The molecule has 0 radical (unpaired) electrons. The third-order valence-electron chi connectivity index (χ3n) is 2.93. The molecule has 4 nitrogen and oxygen atoms in total. The lowest BCUT2D eigenvalue weighted by molar-refractivity contribution is 0.421. The van der Waals surface area contributed by atoms with E-state index in [0.29, 0.717) is 22.9 Å². The van der Waals surface area contributed by atoms with Crippen molar-refractivity contribution in [3.8, 4) is 17.6 Å². The van der Waals surface area contributed by atoms with Gasteiger partial charge >= 0.3 is 0 Å². The molecule has 0 saturated carbocycles. The quantitative estimate of drug-likeness (QED) is 0.338. The third kappa shape index (κ3) is 6.22. The average molecular weight is 415 g/mol. The Morgan fingerprint density at radius 3 is 2.68 bits per heavy atom. The van der Waals surface area contributed by atoms with Crippen LogP contribution in [0.5, 0.6) is 11.5 Å². The van der Waals surface area contributed by atoms with Crippen molar-refractivity contribution in [1.29, 1.82) is 5.26 Å². The Labute approximate surface area is 157 Å². The van der Waals surface area contributed by atoms with Crippen molar-refractivity contribution >= 4 is 30.5 Å². The fraction of sp³-hybridized carbons (Fsp3) is 0.158. The molecule has 0 saturated heterocycles. The second-order valence-electron chi connectivity index (χ2n) is 6.29. The van der Waals surface area contributed by atoms with Crippen molar-refractivity contribution in [3.63, 3.8) is 0 Å². The second kappa shape index (κ2) is 8.14. The molecule has 2 rings (SSSR count). The topological polar surface area (TPSA) is 54.6 Å². The maximum absolute atomic E-state index is 9.00. The van der Waals surface area contributed by atoms with E-state index in [0.717, 1.165) is 10.0 Å². The van der Waals surface area contributed by atoms with Crippen molar-refractivity contribution in [3.05, 3.63) is 70.5 Å². The molecular formula is C19H19BrN2O2Si. The fourth-order valence-corrected chi connectivity index (χ4v) is 3.13. The molecule has 2 aromatic rings. The highest BCUT2D eigenvalue weighted by atomic mass is 79.9. The molecule has 0 fully saturated rings. The second-order valence-corrected chi connectivity index (χ2v) is 11.6. The van der Waals surface area contributed by atoms with E-state index in [2.05, 4.69) is 53.2 Å². The molecule has 0 aliphatic heterocycles. The van der Waals surface area contributed by atoms with Gasteiger partial charge < -0.3 is 9.16 Å². The van der Waals surface area contributed by atoms with Crippen molar-refractivity contribution < 1.29 is 9.16 Å². The molecule has 128 valence electrons. The largest absolute Gasteiger partial charge is 0.532 e. The summed E-state index contributed by atoms with van der Waals surface area (Å²) in [7, 11) is -1.74. The number of hydrogen-bond acceptors (Lipinski definition) is 4. The highest BCUT2D eigenvalue weighted by Gasteiger charge is 2.16. The average Bonchev–Trinajstić information content (AvgIpc) is 2.53. The third-order valence-corrected chi connectivity index (χ3v) is 4.28. The van der Waals surface area contributed by atoms with E-state index in [1.807, 2.05) is 18.2 Å². The molecule has 0 atom stereocenters. The molecule has 0 aliphatic carbocycles. The van der Waals surface area contributed by atoms with E-state index < -0.39 is 8.32 Å². The minimum Gasteiger partial charge on any atom is -0.532 e. The van der Waals surface area contributed by atoms with Gasteiger partial charge in [0.2, 0.25) is 8.32 Å². The maximum atomic E-state index is 9.00. The van der Waals surface area contributed by atoms with Gasteiger partial charge in [-0.05, 0) is 62.6 Å². The van der Waals surface area contributed by atoms with E-state index in [9.17, 15) is 0 Å². The Bertz CT molecular complexity index is 851. The van der Waals surface area contributed by atoms with Gasteiger partial charge in [-0.3, -0.25) is 0 Å². The Morgan fingerprint density at radius 1 is 1.24 bits per heavy atom. The molecule has 0 heterocycles. The zero-order chi connectivity index (χ0) is 18.4. The smallest absolute Gasteiger partial charge is 0.244 e. The molecule has 0 unspecified atom stereocenters. The maximum Gasteiger partial charge on any atom is 0.244 e. The van der Waals surface area contributed by atoms with Gasteiger partial charge in [-0.2, -0.15) is 5.26 Å². The summed E-state index contributed by atoms with van der Waals surface area (Å²) in [5.74, 6) is 1.60. The van der Waals surface area contributed by atoms with Crippen LogP contribution in [0.2, 0.25) is 19.6 Å². The van der Waals surface area contributed by atoms with Gasteiger partial charge in [0, 0.05) is 16.3 Å². The first-order valence-electron chi connectivity index (χ1n) is 7.66. The first kappa shape index (κ1) is 19.0. The molecule has 25 heavy (non-hydrogen) atoms. The first-order valence-corrected chi connectivity index (χ1v) is 11.9. The van der Waals surface area contributed by atoms with Crippen LogP contribution >= 0.6 is 15.9 Å². The highest BCUT2D eigenvalue weighted by Crippen LogP contribution is 2.28. The number of rotatable bonds is 6. The van der Waals surface area contributed by atoms with Crippen molar-refractivity contribution in [2.75, 3.05) is 0 Å². The highest BCUT2D eigenvalue weighted by molar-refractivity contribution is 9.10. The SMILES string of the molecule is C=C(N=Cc1cc(Br)ccc1Oc1cccc(C#N)c1)O[Si](C)(C)C. The van der Waals surface area contributed by atoms with Crippen LogP contribution < -0.4 is 4.74 Å². The van der Waals surface area contributed by atoms with Gasteiger partial charge in [0.15, 0.2) is 5.88 Å². The Hall–Kier alpha value is -2.36. The van der Waals surface area contributed by atoms with Crippen LogP contribution in [0.3, 0.4) is 0 Å². The zero-order valence-electron chi connectivity index (χ0n) is 14.4. The molecule has 0 aliphatic rings. The van der Waals surface area contributed by atoms with E-state index in [1.165, 1.54) is 0 Å². The molecule has 0 bridgehead atoms. The van der Waals surface area contributed by atoms with Gasteiger partial charge in [0.05, 0.1) is 11.6 Å². The molecular weight excluding hydrogens is 396 g/mol. The summed E-state index contributed by atoms with van der Waals surface area (Å²) < 4.78 is 12.6. The molecule has 2 aromatic carbocycles. The zero-order valence-corrected chi connectivity index (χ0v) is 17.0. The molecule has 0 N–H and O–H groups in total. The number of nitrogens with zero attached hydrogens (tertiary/aromatic N) is 2. The minimum atomic E-state index is -1.74. The van der Waals surface area contributed by atoms with Crippen molar-refractivity contribution in [1.82, 2.24) is 0 Å². The Morgan fingerprint density at radius 2 is 2.00 bits per heavy atom. The van der Waals surface area contributed by atoms with Gasteiger partial charge in [0.25, 0.3) is 0 Å². The lowest BCUT2D eigenvalue weighted by atomic mass is 10.2. The number of benzene rings is 2. The Balaban J connectivity index is 2.25. The summed E-state index contributed by atoms with van der Waals surface area (Å²) in [4.78, 5) is 4.30. The van der Waals surface area contributed by atoms with Crippen LogP contribution in [0.4, 0.5) is 0 Å². The normalized spacial score (nSPS) is 11.2. The van der Waals surface area contributed by atoms with Gasteiger partial charge in [-0.1, -0.05) is 22.0 Å². The summed E-state index contributed by atoms with van der Waals surface area (Å²) >= 11 is 3.45. The number of aliphatic imine (C=N–C) groups is 1. The summed E-state index contributed by atoms with van der Waals surface area (Å²) in [5.41, 5.74) is 1.32. The van der Waals surface area contributed by atoms with E-state index in [1.54, 1.807) is 30.5 Å². The summed E-state index contributed by atoms with van der Waals surface area (Å²) in [6.45, 7) is 10.1. The standard InChI is InChI=1S/C19H19BrN2O2Si/c1-14(24-25(2,3)4)22-13-16-11-17(20)8-9-19(16)23-18-7-5-6-15(10-18)12-21/h5-11,13H,1H2,2-4H3. The van der Waals surface area contributed by atoms with Crippen LogP contribution in [0.1, 0.15) is 11.1 Å². The minimum absolute atomic E-state index is 0.386. The lowest BCUT2D eigenvalue weighted by Crippen LogP contribution is -2.24. The summed E-state index contributed by atoms with van der Waals surface area (Å²) in [5, 5.41) is 9.00. The predicted octanol–water partition coefficient (Wildman–Crippen LogP) is 5.85. The molecule has 6 heteroatoms. The fourth-order valence-electron chi connectivity index (χ4n) is 1.99. The lowest BCUT2D eigenvalue weighted by Gasteiger charge is -2.18. The molecule has 0 amide bonds. The molecule has 0 spiro atoms. The van der Waals surface area contributed by atoms with E-state index in [4.69, 9.17) is 14.4 Å². The van der Waals surface area contributed by atoms with Crippen LogP contribution in [-0.2, 0) is 4.43 Å².